The van der Waals surface area contributed by atoms with Gasteiger partial charge in [-0.3, -0.25) is 0 Å². The van der Waals surface area contributed by atoms with Gasteiger partial charge in [0, 0.05) is 0 Å². The van der Waals surface area contributed by atoms with Crippen molar-refractivity contribution in [2.45, 2.75) is 33.1 Å². The Bertz CT molecular complexity index is 1320. The molecule has 0 heterocycles. The molecular formula is C23H24. The predicted octanol–water partition coefficient (Wildman–Crippen LogP) is 6.63. The maximum absolute atomic E-state index is 8.68. The third-order valence-electron chi connectivity index (χ3n) is 3.44. The van der Waals surface area contributed by atoms with E-state index in [4.69, 9.17) is 15.1 Å². The number of benzene rings is 3. The zero-order valence-electron chi connectivity index (χ0n) is 24.6. The Morgan fingerprint density at radius 2 is 1.39 bits per heavy atom. The van der Waals surface area contributed by atoms with Gasteiger partial charge in [0.05, 0.1) is 15.1 Å². The molecule has 0 aromatic heterocycles. The summed E-state index contributed by atoms with van der Waals surface area (Å²) in [7, 11) is 0. The molecule has 0 aliphatic rings. The zero-order chi connectivity index (χ0) is 26.0. The van der Waals surface area contributed by atoms with Gasteiger partial charge in [-0.2, -0.15) is 0 Å². The van der Waals surface area contributed by atoms with E-state index in [1.807, 2.05) is 0 Å². The predicted molar refractivity (Wildman–Crippen MR) is 101 cm³/mol. The molecule has 0 spiro atoms. The van der Waals surface area contributed by atoms with Crippen LogP contribution in [-0.2, 0) is 5.41 Å². The summed E-state index contributed by atoms with van der Waals surface area (Å²) in [5.74, 6) is 0. The highest BCUT2D eigenvalue weighted by molar-refractivity contribution is 5.80. The molecule has 0 radical (unpaired) electrons. The van der Waals surface area contributed by atoms with Crippen LogP contribution in [0.25, 0.3) is 22.3 Å². The van der Waals surface area contributed by atoms with Crippen molar-refractivity contribution in [3.63, 3.8) is 0 Å². The summed E-state index contributed by atoms with van der Waals surface area (Å²) in [4.78, 5) is 0. The minimum absolute atomic E-state index is 0.0116. The fourth-order valence-corrected chi connectivity index (χ4v) is 2.52. The average Bonchev–Trinajstić information content (AvgIpc) is 2.76. The summed E-state index contributed by atoms with van der Waals surface area (Å²) in [5, 5.41) is 0. The molecule has 0 amide bonds. The molecule has 23 heavy (non-hydrogen) atoms. The van der Waals surface area contributed by atoms with E-state index < -0.39 is 53.8 Å². The highest BCUT2D eigenvalue weighted by Gasteiger charge is 2.23. The lowest BCUT2D eigenvalue weighted by Crippen LogP contribution is -2.14. The van der Waals surface area contributed by atoms with Crippen molar-refractivity contribution >= 4 is 0 Å². The van der Waals surface area contributed by atoms with Crippen LogP contribution in [-0.4, -0.2) is 0 Å². The average molecular weight is 312 g/mol. The monoisotopic (exact) mass is 311 g/mol. The molecule has 0 bridgehead atoms. The highest BCUT2D eigenvalue weighted by Crippen LogP contribution is 2.40. The number of rotatable bonds is 2. The second kappa shape index (κ2) is 6.04. The van der Waals surface area contributed by atoms with E-state index in [0.29, 0.717) is 0 Å². The first-order valence-corrected chi connectivity index (χ1v) is 7.33. The molecule has 0 saturated carbocycles. The fourth-order valence-electron chi connectivity index (χ4n) is 2.52. The van der Waals surface area contributed by atoms with Crippen molar-refractivity contribution in [1.29, 1.82) is 0 Å². The first kappa shape index (κ1) is 7.05. The molecule has 116 valence electrons. The molecule has 0 nitrogen and oxygen atoms in total. The largest absolute Gasteiger partial charge is 0.0632 e. The van der Waals surface area contributed by atoms with Gasteiger partial charge in [0.25, 0.3) is 0 Å². The molecule has 3 aromatic carbocycles. The van der Waals surface area contributed by atoms with Crippen molar-refractivity contribution in [3.05, 3.63) is 83.7 Å². The summed E-state index contributed by atoms with van der Waals surface area (Å²) >= 11 is 0. The fraction of sp³-hybridized carbons (Fsp3) is 0.217. The smallest absolute Gasteiger partial charge is 0.0622 e. The van der Waals surface area contributed by atoms with Gasteiger partial charge < -0.3 is 0 Å². The normalized spacial score (nSPS) is 18.2. The Hall–Kier alpha value is -2.34. The third kappa shape index (κ3) is 3.22. The van der Waals surface area contributed by atoms with Crippen LogP contribution in [0.4, 0.5) is 0 Å². The Labute approximate surface area is 155 Å². The van der Waals surface area contributed by atoms with Crippen LogP contribution in [0, 0.1) is 6.92 Å². The highest BCUT2D eigenvalue weighted by atomic mass is 14.3. The summed E-state index contributed by atoms with van der Waals surface area (Å²) < 4.78 is 91.6. The number of hydrogen-bond donors (Lipinski definition) is 0. The molecule has 0 heteroatoms. The van der Waals surface area contributed by atoms with Crippen LogP contribution in [0.3, 0.4) is 0 Å². The van der Waals surface area contributed by atoms with Crippen LogP contribution < -0.4 is 0 Å². The molecule has 0 saturated heterocycles. The minimum Gasteiger partial charge on any atom is -0.0622 e. The number of hydrogen-bond acceptors (Lipinski definition) is 0. The molecule has 3 rings (SSSR count). The van der Waals surface area contributed by atoms with Crippen molar-refractivity contribution < 1.29 is 15.1 Å². The lowest BCUT2D eigenvalue weighted by Gasteiger charge is -2.27. The summed E-state index contributed by atoms with van der Waals surface area (Å²) in [5.41, 5.74) is -0.565. The van der Waals surface area contributed by atoms with Gasteiger partial charge in [-0.05, 0) is 40.2 Å². The molecule has 0 atom stereocenters. The van der Waals surface area contributed by atoms with E-state index in [0.717, 1.165) is 0 Å². The van der Waals surface area contributed by atoms with Gasteiger partial charge in [0.15, 0.2) is 0 Å². The molecule has 0 aliphatic heterocycles. The molecule has 0 aliphatic carbocycles. The molecule has 3 aromatic rings. The lowest BCUT2D eigenvalue weighted by atomic mass is 9.77. The maximum atomic E-state index is 8.68. The first-order chi connectivity index (χ1) is 15.5. The summed E-state index contributed by atoms with van der Waals surface area (Å²) in [6.07, 6.45) is 0. The van der Waals surface area contributed by atoms with Crippen LogP contribution in [0.1, 0.15) is 47.0 Å². The molecule has 0 fully saturated rings. The van der Waals surface area contributed by atoms with Crippen LogP contribution in [0.2, 0.25) is 0 Å². The van der Waals surface area contributed by atoms with Crippen LogP contribution in [0.5, 0.6) is 0 Å². The second-order valence-corrected chi connectivity index (χ2v) is 6.33. The first-order valence-electron chi connectivity index (χ1n) is 12.8. The molecule has 0 N–H and O–H groups in total. The Kier molecular flexibility index (Phi) is 1.85. The van der Waals surface area contributed by atoms with Crippen molar-refractivity contribution in [2.24, 2.45) is 0 Å². The molecular weight excluding hydrogens is 276 g/mol. The minimum atomic E-state index is -0.852. The van der Waals surface area contributed by atoms with E-state index in [2.05, 4.69) is 0 Å². The van der Waals surface area contributed by atoms with E-state index in [9.17, 15) is 0 Å². The van der Waals surface area contributed by atoms with Gasteiger partial charge in [-0.25, -0.2) is 0 Å². The SMILES string of the molecule is [2H]c1cc(-c2c([2H])c([2H])c([2H])c(-c3c([2H])c([2H])c([2H])c(C)c3[2H])c2C(C)(C)C)c([2H])c([2H])c1[2H]. The van der Waals surface area contributed by atoms with Crippen LogP contribution in [0.15, 0.2) is 72.5 Å². The maximum Gasteiger partial charge on any atom is 0.0632 e. The Balaban J connectivity index is 2.70. The zero-order valence-corrected chi connectivity index (χ0v) is 13.6. The van der Waals surface area contributed by atoms with Gasteiger partial charge >= 0.3 is 0 Å². The third-order valence-corrected chi connectivity index (χ3v) is 3.44. The Morgan fingerprint density at radius 3 is 2.13 bits per heavy atom. The summed E-state index contributed by atoms with van der Waals surface area (Å²) in [6, 6.07) is -3.21. The second-order valence-electron chi connectivity index (χ2n) is 6.33. The van der Waals surface area contributed by atoms with E-state index >= 15 is 0 Å². The van der Waals surface area contributed by atoms with Gasteiger partial charge in [-0.1, -0.05) is 98.9 Å². The van der Waals surface area contributed by atoms with E-state index in [1.54, 1.807) is 20.8 Å². The van der Waals surface area contributed by atoms with Crippen molar-refractivity contribution in [3.8, 4) is 22.3 Å². The topological polar surface area (TPSA) is 0 Å². The molecule has 0 unspecified atom stereocenters. The van der Waals surface area contributed by atoms with E-state index in [-0.39, 0.29) is 51.5 Å². The van der Waals surface area contributed by atoms with Crippen molar-refractivity contribution in [2.75, 3.05) is 0 Å². The quantitative estimate of drug-likeness (QED) is 0.498. The van der Waals surface area contributed by atoms with Crippen LogP contribution >= 0.6 is 0 Å². The Morgan fingerprint density at radius 1 is 0.739 bits per heavy atom. The van der Waals surface area contributed by atoms with Gasteiger partial charge in [0.2, 0.25) is 0 Å². The van der Waals surface area contributed by atoms with E-state index in [1.165, 1.54) is 13.0 Å². The lowest BCUT2D eigenvalue weighted by molar-refractivity contribution is 0.593. The van der Waals surface area contributed by atoms with Gasteiger partial charge in [0.1, 0.15) is 0 Å². The summed E-state index contributed by atoms with van der Waals surface area (Å²) in [6.45, 7) is 6.78. The van der Waals surface area contributed by atoms with Crippen molar-refractivity contribution in [1.82, 2.24) is 0 Å². The standard InChI is InChI=1S/C23H24/c1-17-10-8-13-19(16-17)21-15-9-14-20(22(21)23(2,3)4)18-11-6-5-7-12-18/h5-16H,1-4H3/i5D,6D,7D,8D,9D,10D,11D,13D,14D,15D,16D. The van der Waals surface area contributed by atoms with Gasteiger partial charge in [-0.15, -0.1) is 0 Å².